The van der Waals surface area contributed by atoms with Gasteiger partial charge in [-0.2, -0.15) is 25.3 Å². The van der Waals surface area contributed by atoms with Gasteiger partial charge < -0.3 is 73.9 Å². The Bertz CT molecular complexity index is 3200. The van der Waals surface area contributed by atoms with Crippen LogP contribution in [-0.2, 0) is 71.4 Å². The van der Waals surface area contributed by atoms with Crippen LogP contribution in [0.4, 0.5) is 0 Å². The lowest BCUT2D eigenvalue weighted by Gasteiger charge is -2.51. The summed E-state index contributed by atoms with van der Waals surface area (Å²) < 4.78 is 56.5. The number of carbonyl (C=O) groups is 9. The van der Waals surface area contributed by atoms with E-state index in [1.165, 1.54) is 30.4 Å². The highest BCUT2D eigenvalue weighted by Crippen LogP contribution is 2.49. The molecule has 6 aliphatic rings. The topological polar surface area (TPSA) is 380 Å². The van der Waals surface area contributed by atoms with Crippen molar-refractivity contribution in [2.24, 2.45) is 16.2 Å². The number of rotatable bonds is 36. The van der Waals surface area contributed by atoms with Crippen LogP contribution in [0.2, 0.25) is 0 Å². The Labute approximate surface area is 732 Å². The van der Waals surface area contributed by atoms with Crippen molar-refractivity contribution < 1.29 is 117 Å². The molecule has 0 bridgehead atoms. The average molecular weight is 1740 g/mol. The molecular weight excluding hydrogens is 1590 g/mol. The molecule has 123 heavy (non-hydrogen) atoms. The molecule has 6 saturated heterocycles. The van der Waals surface area contributed by atoms with E-state index >= 15 is 28.8 Å². The number of hydrogen-bond donors (Lipinski definition) is 5. The first-order valence-corrected chi connectivity index (χ1v) is 45.2. The first-order chi connectivity index (χ1) is 56.3. The molecule has 0 unspecified atom stereocenters. The summed E-state index contributed by atoms with van der Waals surface area (Å²) in [5.41, 5.74) is -16.8. The molecule has 1 aromatic rings. The zero-order chi connectivity index (χ0) is 93.1. The molecule has 1 atom stereocenters. The van der Waals surface area contributed by atoms with Crippen LogP contribution in [0.25, 0.3) is 0 Å². The molecule has 30 nitrogen and oxygen atoms in total. The van der Waals surface area contributed by atoms with Crippen molar-refractivity contribution in [3.63, 3.8) is 0 Å². The van der Waals surface area contributed by atoms with Gasteiger partial charge in [0.25, 0.3) is 0 Å². The summed E-state index contributed by atoms with van der Waals surface area (Å²) in [5, 5.41) is 73.0. The second kappa shape index (κ2) is 39.1. The van der Waals surface area contributed by atoms with Gasteiger partial charge in [-0.05, 0) is 242 Å². The van der Waals surface area contributed by atoms with Crippen LogP contribution in [0.1, 0.15) is 391 Å². The summed E-state index contributed by atoms with van der Waals surface area (Å²) >= 11 is 0. The Morgan fingerprint density at radius 2 is 0.431 bits per heavy atom. The van der Waals surface area contributed by atoms with Crippen LogP contribution in [0.3, 0.4) is 0 Å². The predicted octanol–water partition coefficient (Wildman–Crippen LogP) is 16.0. The van der Waals surface area contributed by atoms with Gasteiger partial charge in [0.05, 0.1) is 47.6 Å². The number of carbonyl (C=O) groups excluding carboxylic acids is 9. The molecule has 702 valence electrons. The van der Waals surface area contributed by atoms with Crippen molar-refractivity contribution in [2.75, 3.05) is 19.8 Å². The summed E-state index contributed by atoms with van der Waals surface area (Å²) in [5.74, 6) is -8.19. The molecule has 0 amide bonds. The maximum atomic E-state index is 15.3. The normalized spacial score (nSPS) is 23.8. The minimum Gasteiger partial charge on any atom is -0.462 e. The Hall–Kier alpha value is -6.03. The smallest absolute Gasteiger partial charge is 0.338 e. The molecule has 0 aliphatic carbocycles. The highest BCUT2D eigenvalue weighted by atomic mass is 16.6. The lowest BCUT2D eigenvalue weighted by atomic mass is 9.77. The third kappa shape index (κ3) is 24.3. The average Bonchev–Trinajstić information content (AvgIpc) is 0.764. The molecule has 30 heteroatoms. The van der Waals surface area contributed by atoms with E-state index in [2.05, 4.69) is 0 Å². The number of unbranched alkanes of at least 4 members (excludes halogenated alkanes) is 3. The number of piperidine rings is 6. The fraction of sp³-hybridized carbons (Fsp3) is 0.839. The van der Waals surface area contributed by atoms with E-state index in [9.17, 15) is 40.4 Å². The van der Waals surface area contributed by atoms with Crippen molar-refractivity contribution in [1.82, 2.24) is 30.4 Å². The largest absolute Gasteiger partial charge is 0.462 e. The quantitative estimate of drug-likeness (QED) is 0.0137. The standard InChI is InChI=1S/C93H156N6O24/c1-28-31-37-91(73(103)118-64-49-79(4,5)94(109)80(6,7)50-64,74(104)119-65-51-81(8,9)95(110)82(10,11)52-65)40-34-43-115-70(100)61-46-62(71(101)116-44-35-41-92(38-32-29-2,75(105)120-66-53-83(12,13)96(111)84(14,15)54-66)76(106)121-67-55-85(16,17)97(112)86(18,19)56-67)48-63(47-61)72(102)117-45-36-42-93(39-33-30-3,77(107)122-68-57-87(20,21)98(113)88(22,23)58-68)78(108)123-69-59-89(24,25)99(114)90(26,27)60-69/h46-48,64-69,109-114H,28-45,49-60H2,1-27H3/p+1. The second-order valence-corrected chi connectivity index (χ2v) is 44.3. The Kier molecular flexibility index (Phi) is 33.1. The van der Waals surface area contributed by atoms with Gasteiger partial charge in [0, 0.05) is 132 Å². The maximum Gasteiger partial charge on any atom is 0.338 e. The highest BCUT2D eigenvalue weighted by molar-refractivity contribution is 6.03. The Morgan fingerprint density at radius 1 is 0.285 bits per heavy atom. The van der Waals surface area contributed by atoms with E-state index < -0.39 is 193 Å². The molecule has 6 fully saturated rings. The Morgan fingerprint density at radius 3 is 0.585 bits per heavy atom. The van der Waals surface area contributed by atoms with E-state index in [4.69, 9.17) is 47.8 Å². The molecule has 0 spiro atoms. The number of hydrogen-bond acceptors (Lipinski definition) is 29. The molecule has 7 N–H and O–H groups in total. The van der Waals surface area contributed by atoms with Crippen LogP contribution in [0.5, 0.6) is 0 Å². The van der Waals surface area contributed by atoms with E-state index in [1.54, 1.807) is 0 Å². The van der Waals surface area contributed by atoms with E-state index in [-0.39, 0.29) is 152 Å². The Balaban J connectivity index is 1.24. The van der Waals surface area contributed by atoms with Gasteiger partial charge >= 0.3 is 53.7 Å². The zero-order valence-electron chi connectivity index (χ0n) is 79.7. The van der Waals surface area contributed by atoms with Gasteiger partial charge in [0.2, 0.25) is 0 Å². The van der Waals surface area contributed by atoms with Crippen LogP contribution in [0.15, 0.2) is 18.2 Å². The summed E-state index contributed by atoms with van der Waals surface area (Å²) in [6.45, 7) is 48.6. The third-order valence-electron chi connectivity index (χ3n) is 27.1. The van der Waals surface area contributed by atoms with Crippen LogP contribution >= 0.6 is 0 Å². The van der Waals surface area contributed by atoms with Crippen molar-refractivity contribution >= 4 is 53.7 Å². The predicted molar refractivity (Wildman–Crippen MR) is 458 cm³/mol. The molecule has 0 radical (unpaired) electrons. The molecule has 0 saturated carbocycles. The van der Waals surface area contributed by atoms with Crippen molar-refractivity contribution in [3.8, 4) is 0 Å². The minimum atomic E-state index is -1.95. The number of ether oxygens (including phenoxy) is 9. The van der Waals surface area contributed by atoms with E-state index in [1.807, 2.05) is 187 Å². The van der Waals surface area contributed by atoms with Crippen LogP contribution in [0, 0.1) is 16.2 Å². The lowest BCUT2D eigenvalue weighted by molar-refractivity contribution is -0.263. The van der Waals surface area contributed by atoms with Gasteiger partial charge in [0.1, 0.15) is 36.6 Å². The molecule has 6 heterocycles. The molecule has 6 aliphatic heterocycles. The molecule has 7 rings (SSSR count). The second-order valence-electron chi connectivity index (χ2n) is 44.3. The third-order valence-corrected chi connectivity index (χ3v) is 27.1. The fourth-order valence-corrected chi connectivity index (χ4v) is 21.3. The van der Waals surface area contributed by atoms with E-state index in [0.29, 0.717) is 38.5 Å². The van der Waals surface area contributed by atoms with Crippen molar-refractivity contribution in [3.05, 3.63) is 34.9 Å². The minimum absolute atomic E-state index is 0.00442. The van der Waals surface area contributed by atoms with Gasteiger partial charge in [-0.1, -0.05) is 64.4 Å². The lowest BCUT2D eigenvalue weighted by Crippen LogP contribution is -2.61. The summed E-state index contributed by atoms with van der Waals surface area (Å²) in [4.78, 5) is 136. The number of hydroxylamine groups is 12. The highest BCUT2D eigenvalue weighted by Gasteiger charge is 2.60. The van der Waals surface area contributed by atoms with Gasteiger partial charge in [-0.15, -0.1) is 0 Å². The fourth-order valence-electron chi connectivity index (χ4n) is 21.3. The summed E-state index contributed by atoms with van der Waals surface area (Å²) in [6.07, 6.45) is 0.101. The van der Waals surface area contributed by atoms with Crippen LogP contribution < -0.4 is 0 Å². The molecular formula is C93H157N6O24+. The van der Waals surface area contributed by atoms with Gasteiger partial charge in [0.15, 0.2) is 16.2 Å². The molecule has 1 aromatic carbocycles. The molecule has 0 aromatic heterocycles. The zero-order valence-corrected chi connectivity index (χ0v) is 79.7. The first kappa shape index (κ1) is 104. The monoisotopic (exact) mass is 1740 g/mol. The summed E-state index contributed by atoms with van der Waals surface area (Å²) in [7, 11) is 0. The number of nitrogens with zero attached hydrogens (tertiary/aromatic N) is 6. The number of esters is 9. The van der Waals surface area contributed by atoms with Gasteiger partial charge in [-0.3, -0.25) is 28.8 Å². The van der Waals surface area contributed by atoms with Crippen LogP contribution in [-0.4, -0.2) is 238 Å². The number of benzene rings is 1. The maximum absolute atomic E-state index is 15.3. The first-order valence-electron chi connectivity index (χ1n) is 45.2. The van der Waals surface area contributed by atoms with Gasteiger partial charge in [-0.25, -0.2) is 14.4 Å². The SMILES string of the molecule is CCCCC(CCCOC(=O)c1cc(C(=O)OCCCC(CCCC)(C(=O)OC2CC(C)(C)N(O)C(C)(C)C2)C(=O)OC2CC(C)(C)N(O)C(C)(C)C2)cc(C(=O)OCCC[C@](CCCC)(C(=O)OC2CC(C)(C)N(O)C(C)(C)C2)C(=O)OC2CC(C)(C)N([OH2+])C(C)(C)C2)c1)(C(=O)OC1CC(C)(C)N(O)C(C)(C)C1)C(=O)OC1CC(C)(C)N(O)C(C)(C)C1. The van der Waals surface area contributed by atoms with Crippen molar-refractivity contribution in [1.29, 1.82) is 0 Å². The summed E-state index contributed by atoms with van der Waals surface area (Å²) in [6, 6.07) is 3.48. The van der Waals surface area contributed by atoms with E-state index in [0.717, 1.165) is 18.2 Å². The van der Waals surface area contributed by atoms with Crippen molar-refractivity contribution in [2.45, 2.75) is 463 Å².